The zero-order valence-corrected chi connectivity index (χ0v) is 28.2. The lowest BCUT2D eigenvalue weighted by Gasteiger charge is -2.52. The quantitative estimate of drug-likeness (QED) is 0.0630. The maximum atomic E-state index is 6.24. The van der Waals surface area contributed by atoms with Gasteiger partial charge in [-0.15, -0.1) is 0 Å². The highest BCUT2D eigenvalue weighted by atomic mass is 16.9. The molecule has 3 nitrogen and oxygen atoms in total. The SMILES string of the molecule is CCCCCCCCCCC(CCCCCCC)C(CCC)(CCCCCCCCCC)C(OC)(OC)OC. The maximum Gasteiger partial charge on any atom is 0.288 e. The topological polar surface area (TPSA) is 27.7 Å². The molecule has 236 valence electrons. The minimum Gasteiger partial charge on any atom is -0.330 e. The first kappa shape index (κ1) is 38.9. The van der Waals surface area contributed by atoms with Crippen LogP contribution in [-0.2, 0) is 14.2 Å². The van der Waals surface area contributed by atoms with Crippen molar-refractivity contribution in [1.29, 1.82) is 0 Å². The van der Waals surface area contributed by atoms with Gasteiger partial charge in [-0.3, -0.25) is 0 Å². The molecule has 0 aliphatic carbocycles. The minimum atomic E-state index is -0.960. The summed E-state index contributed by atoms with van der Waals surface area (Å²) in [5, 5.41) is 0. The largest absolute Gasteiger partial charge is 0.330 e. The summed E-state index contributed by atoms with van der Waals surface area (Å²) in [5.74, 6) is -0.387. The van der Waals surface area contributed by atoms with Crippen molar-refractivity contribution < 1.29 is 14.2 Å². The van der Waals surface area contributed by atoms with E-state index in [1.165, 1.54) is 148 Å². The molecule has 0 aliphatic heterocycles. The average Bonchev–Trinajstić information content (AvgIpc) is 2.95. The Bertz CT molecular complexity index is 481. The first-order valence-electron chi connectivity index (χ1n) is 17.7. The zero-order chi connectivity index (χ0) is 29.1. The molecule has 0 aromatic carbocycles. The second kappa shape index (κ2) is 26.8. The van der Waals surface area contributed by atoms with Gasteiger partial charge in [-0.1, -0.05) is 169 Å². The van der Waals surface area contributed by atoms with E-state index in [1.54, 1.807) is 21.3 Å². The number of rotatable bonds is 31. The van der Waals surface area contributed by atoms with E-state index in [-0.39, 0.29) is 5.41 Å². The van der Waals surface area contributed by atoms with Gasteiger partial charge in [0.1, 0.15) is 0 Å². The number of ether oxygens (including phenoxy) is 3. The highest BCUT2D eigenvalue weighted by molar-refractivity contribution is 4.94. The van der Waals surface area contributed by atoms with Gasteiger partial charge in [0.25, 0.3) is 5.97 Å². The van der Waals surface area contributed by atoms with Gasteiger partial charge in [-0.25, -0.2) is 0 Å². The van der Waals surface area contributed by atoms with Crippen molar-refractivity contribution in [2.45, 2.75) is 201 Å². The van der Waals surface area contributed by atoms with Crippen LogP contribution in [0.3, 0.4) is 0 Å². The Morgan fingerprint density at radius 2 is 0.718 bits per heavy atom. The van der Waals surface area contributed by atoms with Crippen molar-refractivity contribution in [2.75, 3.05) is 21.3 Å². The van der Waals surface area contributed by atoms with Gasteiger partial charge in [0.15, 0.2) is 0 Å². The third-order valence-electron chi connectivity index (χ3n) is 9.43. The summed E-state index contributed by atoms with van der Waals surface area (Å²) in [5.41, 5.74) is -0.103. The number of unbranched alkanes of at least 4 members (excludes halogenated alkanes) is 18. The molecule has 0 saturated carbocycles. The van der Waals surface area contributed by atoms with E-state index in [1.807, 2.05) is 0 Å². The van der Waals surface area contributed by atoms with Gasteiger partial charge >= 0.3 is 0 Å². The molecule has 0 bridgehead atoms. The standard InChI is InChI=1S/C36H74O3/c1-8-12-15-18-20-22-25-28-31-34(30-27-24-17-14-10-3)35(32-11-4,36(37-5,38-6)39-7)33-29-26-23-21-19-16-13-9-2/h34H,8-33H2,1-7H3. The molecule has 0 aromatic rings. The predicted molar refractivity (Wildman–Crippen MR) is 172 cm³/mol. The Morgan fingerprint density at radius 3 is 1.05 bits per heavy atom. The van der Waals surface area contributed by atoms with E-state index < -0.39 is 5.97 Å². The number of hydrogen-bond acceptors (Lipinski definition) is 3. The van der Waals surface area contributed by atoms with Crippen molar-refractivity contribution in [3.05, 3.63) is 0 Å². The fourth-order valence-electron chi connectivity index (χ4n) is 7.19. The summed E-state index contributed by atoms with van der Waals surface area (Å²) in [6, 6.07) is 0. The third-order valence-corrected chi connectivity index (χ3v) is 9.43. The number of methoxy groups -OCH3 is 3. The van der Waals surface area contributed by atoms with Crippen molar-refractivity contribution in [1.82, 2.24) is 0 Å². The van der Waals surface area contributed by atoms with E-state index in [0.717, 1.165) is 19.3 Å². The molecule has 0 aliphatic rings. The van der Waals surface area contributed by atoms with Crippen molar-refractivity contribution in [3.63, 3.8) is 0 Å². The Balaban J connectivity index is 5.58. The molecule has 0 N–H and O–H groups in total. The van der Waals surface area contributed by atoms with Crippen LogP contribution in [0, 0.1) is 11.3 Å². The van der Waals surface area contributed by atoms with Crippen LogP contribution in [0.2, 0.25) is 0 Å². The molecule has 0 amide bonds. The van der Waals surface area contributed by atoms with Crippen LogP contribution in [0.25, 0.3) is 0 Å². The second-order valence-corrected chi connectivity index (χ2v) is 12.5. The Hall–Kier alpha value is -0.120. The first-order chi connectivity index (χ1) is 19.1. The fourth-order valence-corrected chi connectivity index (χ4v) is 7.19. The lowest BCUT2D eigenvalue weighted by atomic mass is 9.63. The molecule has 0 aromatic heterocycles. The summed E-state index contributed by atoms with van der Waals surface area (Å²) in [7, 11) is 5.42. The van der Waals surface area contributed by atoms with Crippen LogP contribution < -0.4 is 0 Å². The summed E-state index contributed by atoms with van der Waals surface area (Å²) in [4.78, 5) is 0. The summed E-state index contributed by atoms with van der Waals surface area (Å²) < 4.78 is 18.7. The molecular formula is C36H74O3. The molecule has 0 fully saturated rings. The Morgan fingerprint density at radius 1 is 0.385 bits per heavy atom. The molecule has 0 rings (SSSR count). The van der Waals surface area contributed by atoms with E-state index in [4.69, 9.17) is 14.2 Å². The van der Waals surface area contributed by atoms with Crippen LogP contribution in [-0.4, -0.2) is 27.3 Å². The zero-order valence-electron chi connectivity index (χ0n) is 28.2. The summed E-state index contributed by atoms with van der Waals surface area (Å²) in [6.07, 6.45) is 34.4. The Labute approximate surface area is 247 Å². The van der Waals surface area contributed by atoms with Crippen LogP contribution in [0.1, 0.15) is 195 Å². The van der Waals surface area contributed by atoms with Crippen LogP contribution >= 0.6 is 0 Å². The lowest BCUT2D eigenvalue weighted by Crippen LogP contribution is -2.56. The molecule has 3 heteroatoms. The average molecular weight is 555 g/mol. The minimum absolute atomic E-state index is 0.103. The molecule has 2 unspecified atom stereocenters. The monoisotopic (exact) mass is 555 g/mol. The highest BCUT2D eigenvalue weighted by Crippen LogP contribution is 2.53. The van der Waals surface area contributed by atoms with E-state index in [0.29, 0.717) is 5.92 Å². The van der Waals surface area contributed by atoms with Crippen LogP contribution in [0.15, 0.2) is 0 Å². The van der Waals surface area contributed by atoms with Crippen molar-refractivity contribution in [3.8, 4) is 0 Å². The second-order valence-electron chi connectivity index (χ2n) is 12.5. The molecule has 2 atom stereocenters. The predicted octanol–water partition coefficient (Wildman–Crippen LogP) is 12.4. The normalized spacial score (nSPS) is 14.5. The van der Waals surface area contributed by atoms with Gasteiger partial charge in [-0.2, -0.15) is 0 Å². The van der Waals surface area contributed by atoms with Gasteiger partial charge in [-0.05, 0) is 31.6 Å². The third kappa shape index (κ3) is 15.6. The number of hydrogen-bond donors (Lipinski definition) is 0. The first-order valence-corrected chi connectivity index (χ1v) is 17.7. The van der Waals surface area contributed by atoms with Crippen LogP contribution in [0.5, 0.6) is 0 Å². The molecule has 0 radical (unpaired) electrons. The molecule has 0 heterocycles. The van der Waals surface area contributed by atoms with Crippen molar-refractivity contribution in [2.24, 2.45) is 11.3 Å². The molecule has 0 spiro atoms. The highest BCUT2D eigenvalue weighted by Gasteiger charge is 2.56. The fraction of sp³-hybridized carbons (Fsp3) is 1.00. The molecule has 39 heavy (non-hydrogen) atoms. The van der Waals surface area contributed by atoms with Gasteiger partial charge < -0.3 is 14.2 Å². The smallest absolute Gasteiger partial charge is 0.288 e. The summed E-state index contributed by atoms with van der Waals surface area (Å²) in [6.45, 7) is 9.25. The van der Waals surface area contributed by atoms with Gasteiger partial charge in [0.2, 0.25) is 0 Å². The van der Waals surface area contributed by atoms with Crippen LogP contribution in [0.4, 0.5) is 0 Å². The maximum absolute atomic E-state index is 6.24. The van der Waals surface area contributed by atoms with Gasteiger partial charge in [0.05, 0.1) is 5.41 Å². The lowest BCUT2D eigenvalue weighted by molar-refractivity contribution is -0.420. The Kier molecular flexibility index (Phi) is 26.7. The van der Waals surface area contributed by atoms with Crippen molar-refractivity contribution >= 4 is 0 Å². The van der Waals surface area contributed by atoms with E-state index >= 15 is 0 Å². The summed E-state index contributed by atoms with van der Waals surface area (Å²) >= 11 is 0. The molecular weight excluding hydrogens is 480 g/mol. The van der Waals surface area contributed by atoms with E-state index in [2.05, 4.69) is 27.7 Å². The van der Waals surface area contributed by atoms with Gasteiger partial charge in [0, 0.05) is 21.3 Å². The van der Waals surface area contributed by atoms with E-state index in [9.17, 15) is 0 Å². The molecule has 0 saturated heterocycles.